The van der Waals surface area contributed by atoms with Gasteiger partial charge in [-0.05, 0) is 30.0 Å². The summed E-state index contributed by atoms with van der Waals surface area (Å²) in [6.07, 6.45) is 3.57. The van der Waals surface area contributed by atoms with Crippen molar-refractivity contribution in [1.29, 1.82) is 0 Å². The van der Waals surface area contributed by atoms with Crippen molar-refractivity contribution in [2.24, 2.45) is 0 Å². The quantitative estimate of drug-likeness (QED) is 0.184. The first kappa shape index (κ1) is 25.8. The topological polar surface area (TPSA) is 38.7 Å². The van der Waals surface area contributed by atoms with Crippen molar-refractivity contribution in [3.63, 3.8) is 0 Å². The van der Waals surface area contributed by atoms with Gasteiger partial charge < -0.3 is 0 Å². The zero-order valence-electron chi connectivity index (χ0n) is 19.9. The number of hydrogen-bond acceptors (Lipinski definition) is 3. The Hall–Kier alpha value is -4.24. The third kappa shape index (κ3) is 6.92. The summed E-state index contributed by atoms with van der Waals surface area (Å²) < 4.78 is 0. The zero-order valence-corrected chi connectivity index (χ0v) is 22.3. The summed E-state index contributed by atoms with van der Waals surface area (Å²) in [4.78, 5) is 13.3. The van der Waals surface area contributed by atoms with Crippen molar-refractivity contribution in [2.75, 3.05) is 0 Å². The van der Waals surface area contributed by atoms with E-state index in [9.17, 15) is 0 Å². The van der Waals surface area contributed by atoms with E-state index in [0.717, 1.165) is 45.0 Å². The van der Waals surface area contributed by atoms with E-state index in [1.807, 2.05) is 121 Å². The van der Waals surface area contributed by atoms with Gasteiger partial charge in [-0.25, -0.2) is 5.56 Å². The molecular weight excluding hydrogens is 631 g/mol. The standard InChI is InChI=1S/C17H11N.C16H11N2.Ir/c1-2-7-14(8-3-1)15-9-6-10-16(13-15)17-11-4-5-12-18-17;1-2-7-13(8-3-1)14-10-6-11-16(18-14)15-9-4-5-12-17-15;/h2*1-7,9-12H;/q-2;-1;+3. The van der Waals surface area contributed by atoms with E-state index in [4.69, 9.17) is 0 Å². The molecule has 3 aromatic carbocycles. The van der Waals surface area contributed by atoms with Crippen LogP contribution in [0, 0.1) is 18.2 Å². The van der Waals surface area contributed by atoms with Gasteiger partial charge in [-0.2, -0.15) is 42.0 Å². The second kappa shape index (κ2) is 13.2. The molecule has 0 N–H and O–H groups in total. The Kier molecular flexibility index (Phi) is 9.20. The molecule has 178 valence electrons. The molecule has 0 bridgehead atoms. The van der Waals surface area contributed by atoms with E-state index in [2.05, 4.69) is 33.2 Å². The minimum atomic E-state index is 0. The summed E-state index contributed by atoms with van der Waals surface area (Å²) in [6.45, 7) is 0. The number of aromatic nitrogens is 3. The smallest absolute Gasteiger partial charge is 0.295 e. The fourth-order valence-corrected chi connectivity index (χ4v) is 3.65. The van der Waals surface area contributed by atoms with Gasteiger partial charge in [-0.3, -0.25) is 15.0 Å². The third-order valence-corrected chi connectivity index (χ3v) is 5.40. The summed E-state index contributed by atoms with van der Waals surface area (Å²) in [5.41, 5.74) is 7.71. The number of benzene rings is 3. The van der Waals surface area contributed by atoms with Crippen molar-refractivity contribution in [3.05, 3.63) is 152 Å². The molecule has 0 spiro atoms. The monoisotopic (exact) mass is 653 g/mol. The van der Waals surface area contributed by atoms with Crippen LogP contribution in [-0.4, -0.2) is 15.0 Å². The Morgan fingerprint density at radius 3 is 1.59 bits per heavy atom. The molecule has 0 aliphatic rings. The maximum atomic E-state index is 4.62. The molecule has 0 atom stereocenters. The largest absolute Gasteiger partial charge is 3.00 e. The van der Waals surface area contributed by atoms with Crippen LogP contribution < -0.4 is 0 Å². The van der Waals surface area contributed by atoms with E-state index >= 15 is 0 Å². The van der Waals surface area contributed by atoms with Crippen LogP contribution in [0.1, 0.15) is 0 Å². The van der Waals surface area contributed by atoms with Crippen molar-refractivity contribution in [2.45, 2.75) is 0 Å². The molecule has 37 heavy (non-hydrogen) atoms. The maximum absolute atomic E-state index is 4.62. The SMILES string of the molecule is [Ir+3].[c-]1ccccc1-c1[c-]c(-c2ccccn2)ccc1.[c-]1ccccc1-c1cccc(-c2ccccn2)n1. The molecule has 3 aromatic heterocycles. The van der Waals surface area contributed by atoms with E-state index in [-0.39, 0.29) is 20.1 Å². The first-order valence-electron chi connectivity index (χ1n) is 11.6. The predicted molar refractivity (Wildman–Crippen MR) is 145 cm³/mol. The zero-order chi connectivity index (χ0) is 24.4. The Morgan fingerprint density at radius 2 is 0.946 bits per heavy atom. The Morgan fingerprint density at radius 1 is 0.405 bits per heavy atom. The van der Waals surface area contributed by atoms with Crippen LogP contribution in [-0.2, 0) is 20.1 Å². The number of pyridine rings is 3. The van der Waals surface area contributed by atoms with Gasteiger partial charge in [-0.1, -0.05) is 30.3 Å². The van der Waals surface area contributed by atoms with E-state index < -0.39 is 0 Å². The minimum absolute atomic E-state index is 0. The molecule has 0 amide bonds. The van der Waals surface area contributed by atoms with Gasteiger partial charge in [0.25, 0.3) is 0 Å². The van der Waals surface area contributed by atoms with Crippen molar-refractivity contribution in [1.82, 2.24) is 15.0 Å². The van der Waals surface area contributed by atoms with Crippen LogP contribution in [0.25, 0.3) is 45.0 Å². The number of rotatable bonds is 4. The second-order valence-electron chi connectivity index (χ2n) is 7.87. The van der Waals surface area contributed by atoms with Gasteiger partial charge in [-0.15, -0.1) is 59.7 Å². The average Bonchev–Trinajstić information content (AvgIpc) is 2.99. The average molecular weight is 653 g/mol. The van der Waals surface area contributed by atoms with Gasteiger partial charge in [0.05, 0.1) is 11.4 Å². The van der Waals surface area contributed by atoms with Crippen LogP contribution in [0.4, 0.5) is 0 Å². The fraction of sp³-hybridized carbons (Fsp3) is 0. The summed E-state index contributed by atoms with van der Waals surface area (Å²) in [6, 6.07) is 49.3. The van der Waals surface area contributed by atoms with Crippen molar-refractivity contribution < 1.29 is 20.1 Å². The second-order valence-corrected chi connectivity index (χ2v) is 7.87. The molecule has 3 heterocycles. The molecule has 3 nitrogen and oxygen atoms in total. The Bertz CT molecular complexity index is 1280. The normalized spacial score (nSPS) is 9.95. The fourth-order valence-electron chi connectivity index (χ4n) is 3.65. The van der Waals surface area contributed by atoms with Crippen LogP contribution in [0.5, 0.6) is 0 Å². The molecular formula is C33H22IrN3. The van der Waals surface area contributed by atoms with Crippen LogP contribution in [0.2, 0.25) is 0 Å². The summed E-state index contributed by atoms with van der Waals surface area (Å²) in [7, 11) is 0. The number of nitrogens with zero attached hydrogens (tertiary/aromatic N) is 3. The van der Waals surface area contributed by atoms with Gasteiger partial charge in [0, 0.05) is 18.1 Å². The maximum Gasteiger partial charge on any atom is 3.00 e. The molecule has 0 saturated heterocycles. The molecule has 0 aliphatic heterocycles. The summed E-state index contributed by atoms with van der Waals surface area (Å²) in [5.74, 6) is 0. The van der Waals surface area contributed by atoms with Gasteiger partial charge in [0.15, 0.2) is 0 Å². The van der Waals surface area contributed by atoms with E-state index in [1.165, 1.54) is 0 Å². The predicted octanol–water partition coefficient (Wildman–Crippen LogP) is 7.62. The molecule has 4 heteroatoms. The van der Waals surface area contributed by atoms with Gasteiger partial charge in [0.2, 0.25) is 0 Å². The Labute approximate surface area is 231 Å². The van der Waals surface area contributed by atoms with E-state index in [0.29, 0.717) is 0 Å². The minimum Gasteiger partial charge on any atom is -0.295 e. The van der Waals surface area contributed by atoms with Crippen LogP contribution in [0.3, 0.4) is 0 Å². The molecule has 0 radical (unpaired) electrons. The molecule has 0 saturated carbocycles. The molecule has 6 aromatic rings. The van der Waals surface area contributed by atoms with E-state index in [1.54, 1.807) is 12.4 Å². The molecule has 0 fully saturated rings. The first-order valence-corrected chi connectivity index (χ1v) is 11.6. The van der Waals surface area contributed by atoms with Crippen LogP contribution in [0.15, 0.2) is 134 Å². The Balaban J connectivity index is 0.000000168. The molecule has 0 unspecified atom stereocenters. The van der Waals surface area contributed by atoms with Gasteiger partial charge in [0.1, 0.15) is 0 Å². The number of hydrogen-bond donors (Lipinski definition) is 0. The van der Waals surface area contributed by atoms with Crippen molar-refractivity contribution >= 4 is 0 Å². The third-order valence-electron chi connectivity index (χ3n) is 5.40. The molecule has 6 rings (SSSR count). The van der Waals surface area contributed by atoms with Gasteiger partial charge >= 0.3 is 20.1 Å². The van der Waals surface area contributed by atoms with Crippen molar-refractivity contribution in [3.8, 4) is 45.0 Å². The first-order chi connectivity index (χ1) is 17.9. The summed E-state index contributed by atoms with van der Waals surface area (Å²) in [5, 5.41) is 0. The van der Waals surface area contributed by atoms with Crippen LogP contribution >= 0.6 is 0 Å². The molecule has 0 aliphatic carbocycles. The summed E-state index contributed by atoms with van der Waals surface area (Å²) >= 11 is 0.